The number of nitrogens with one attached hydrogen (secondary N) is 1. The van der Waals surface area contributed by atoms with Crippen LogP contribution in [0, 0.1) is 19.2 Å². The number of H-pyrrole nitrogens is 1. The molecule has 2 amide bonds. The Labute approximate surface area is 157 Å². The van der Waals surface area contributed by atoms with Gasteiger partial charge < -0.3 is 14.8 Å². The fraction of sp³-hybridized carbons (Fsp3) is 0.400. The molecule has 1 aliphatic rings. The molecule has 1 N–H and O–H groups in total. The Kier molecular flexibility index (Phi) is 5.58. The molecule has 7 heteroatoms. The smallest absolute Gasteiger partial charge is 0.259 e. The molecule has 0 bridgehead atoms. The Morgan fingerprint density at radius 2 is 1.85 bits per heavy atom. The van der Waals surface area contributed by atoms with E-state index in [9.17, 15) is 18.8 Å². The van der Waals surface area contributed by atoms with E-state index in [0.29, 0.717) is 43.7 Å². The van der Waals surface area contributed by atoms with Crippen LogP contribution in [0.1, 0.15) is 24.6 Å². The van der Waals surface area contributed by atoms with Crippen LogP contribution in [0.3, 0.4) is 0 Å². The van der Waals surface area contributed by atoms with Crippen molar-refractivity contribution in [3.8, 4) is 0 Å². The van der Waals surface area contributed by atoms with E-state index in [1.807, 2.05) is 6.92 Å². The first-order valence-corrected chi connectivity index (χ1v) is 9.07. The van der Waals surface area contributed by atoms with Gasteiger partial charge in [-0.15, -0.1) is 0 Å². The monoisotopic (exact) mass is 372 g/mol. The molecule has 1 saturated heterocycles. The molecule has 0 saturated carbocycles. The van der Waals surface area contributed by atoms with Gasteiger partial charge in [-0.1, -0.05) is 13.0 Å². The van der Waals surface area contributed by atoms with Gasteiger partial charge in [0.25, 0.3) is 5.56 Å². The van der Waals surface area contributed by atoms with E-state index in [1.54, 1.807) is 28.9 Å². The van der Waals surface area contributed by atoms with E-state index in [2.05, 4.69) is 4.98 Å². The lowest BCUT2D eigenvalue weighted by Crippen LogP contribution is -2.50. The lowest BCUT2D eigenvalue weighted by atomic mass is 10.0. The number of benzene rings is 1. The molecule has 27 heavy (non-hydrogen) atoms. The van der Waals surface area contributed by atoms with Crippen molar-refractivity contribution in [2.75, 3.05) is 26.2 Å². The van der Waals surface area contributed by atoms with E-state index in [-0.39, 0.29) is 23.6 Å². The topological polar surface area (TPSA) is 73.5 Å². The van der Waals surface area contributed by atoms with Gasteiger partial charge in [0.05, 0.1) is 5.39 Å². The zero-order valence-corrected chi connectivity index (χ0v) is 15.5. The van der Waals surface area contributed by atoms with Crippen molar-refractivity contribution in [2.45, 2.75) is 26.7 Å². The first-order valence-electron chi connectivity index (χ1n) is 9.07. The number of nitrogens with zero attached hydrogens (tertiary/aromatic N) is 2. The van der Waals surface area contributed by atoms with Gasteiger partial charge in [-0.25, -0.2) is 4.39 Å². The lowest BCUT2D eigenvalue weighted by molar-refractivity contribution is -0.137. The van der Waals surface area contributed by atoms with Crippen molar-refractivity contribution in [2.24, 2.45) is 0 Å². The van der Waals surface area contributed by atoms with Crippen molar-refractivity contribution in [3.05, 3.63) is 52.0 Å². The number of carbonyl (C=O) groups is 2. The number of fused-ring (bicyclic) bond motifs is 1. The fourth-order valence-corrected chi connectivity index (χ4v) is 3.43. The van der Waals surface area contributed by atoms with Crippen molar-refractivity contribution >= 4 is 22.6 Å². The van der Waals surface area contributed by atoms with Crippen LogP contribution in [0.15, 0.2) is 23.0 Å². The predicted molar refractivity (Wildman–Crippen MR) is 101 cm³/mol. The Morgan fingerprint density at radius 3 is 2.52 bits per heavy atom. The number of pyridine rings is 1. The molecule has 0 atom stereocenters. The van der Waals surface area contributed by atoms with Crippen molar-refractivity contribution in [1.82, 2.24) is 14.8 Å². The van der Waals surface area contributed by atoms with E-state index in [4.69, 9.17) is 0 Å². The molecule has 3 rings (SSSR count). The molecule has 6 nitrogen and oxygen atoms in total. The molecule has 143 valence electrons. The van der Waals surface area contributed by atoms with Crippen LogP contribution in [0.4, 0.5) is 4.39 Å². The fourth-order valence-electron chi connectivity index (χ4n) is 3.43. The van der Waals surface area contributed by atoms with Gasteiger partial charge in [0.15, 0.2) is 0 Å². The first kappa shape index (κ1) is 19.1. The zero-order valence-electron chi connectivity index (χ0n) is 15.5. The van der Waals surface area contributed by atoms with Crippen LogP contribution >= 0.6 is 0 Å². The predicted octanol–water partition coefficient (Wildman–Crippen LogP) is 1.80. The normalized spacial score (nSPS) is 14.6. The number of aromatic amines is 1. The summed E-state index contributed by atoms with van der Waals surface area (Å²) in [6, 6.07) is 4.67. The SMILES string of the molecule is C[CH]C(=O)N1CCN(C(=O)CCc2cc3c(C)ccc(F)c3c(=O)[nH]2)CC1. The third-order valence-electron chi connectivity index (χ3n) is 5.03. The number of piperazine rings is 1. The molecule has 1 aliphatic heterocycles. The van der Waals surface area contributed by atoms with E-state index in [1.165, 1.54) is 12.5 Å². The number of halogens is 1. The third kappa shape index (κ3) is 4.02. The minimum Gasteiger partial charge on any atom is -0.339 e. The lowest BCUT2D eigenvalue weighted by Gasteiger charge is -2.34. The van der Waals surface area contributed by atoms with Gasteiger partial charge in [0.1, 0.15) is 5.82 Å². The summed E-state index contributed by atoms with van der Waals surface area (Å²) in [6.45, 7) is 5.61. The molecule has 1 radical (unpaired) electrons. The van der Waals surface area contributed by atoms with Crippen molar-refractivity contribution in [1.29, 1.82) is 0 Å². The molecule has 0 aliphatic carbocycles. The highest BCUT2D eigenvalue weighted by molar-refractivity contribution is 5.86. The highest BCUT2D eigenvalue weighted by Crippen LogP contribution is 2.19. The number of aromatic nitrogens is 1. The number of rotatable bonds is 4. The maximum atomic E-state index is 13.9. The average Bonchev–Trinajstić information content (AvgIpc) is 2.68. The molecule has 1 aromatic carbocycles. The van der Waals surface area contributed by atoms with E-state index < -0.39 is 11.4 Å². The minimum absolute atomic E-state index is 0.0144. The standard InChI is InChI=1S/C20H23FN3O3/c1-3-17(25)23-8-10-24(11-9-23)18(26)7-5-14-12-15-13(2)4-6-16(21)19(15)20(27)22-14/h3-4,6,12H,5,7-11H2,1-2H3,(H,22,27). The van der Waals surface area contributed by atoms with Crippen LogP contribution < -0.4 is 5.56 Å². The van der Waals surface area contributed by atoms with Gasteiger partial charge in [-0.3, -0.25) is 14.4 Å². The van der Waals surface area contributed by atoms with Gasteiger partial charge in [-0.2, -0.15) is 0 Å². The van der Waals surface area contributed by atoms with Crippen LogP contribution in [0.2, 0.25) is 0 Å². The molecular weight excluding hydrogens is 349 g/mol. The number of hydrogen-bond acceptors (Lipinski definition) is 3. The number of hydrogen-bond donors (Lipinski definition) is 1. The summed E-state index contributed by atoms with van der Waals surface area (Å²) < 4.78 is 13.9. The summed E-state index contributed by atoms with van der Waals surface area (Å²) in [6.07, 6.45) is 2.16. The second-order valence-corrected chi connectivity index (χ2v) is 6.77. The highest BCUT2D eigenvalue weighted by Gasteiger charge is 2.23. The number of carbonyl (C=O) groups excluding carboxylic acids is 2. The zero-order chi connectivity index (χ0) is 19.6. The molecule has 2 heterocycles. The second-order valence-electron chi connectivity index (χ2n) is 6.77. The third-order valence-corrected chi connectivity index (χ3v) is 5.03. The van der Waals surface area contributed by atoms with Gasteiger partial charge in [0, 0.05) is 44.7 Å². The van der Waals surface area contributed by atoms with Crippen molar-refractivity contribution in [3.63, 3.8) is 0 Å². The summed E-state index contributed by atoms with van der Waals surface area (Å²) in [5.74, 6) is -0.575. The number of aryl methyl sites for hydroxylation is 2. The molecular formula is C20H23FN3O3. The summed E-state index contributed by atoms with van der Waals surface area (Å²) in [5, 5.41) is 0.628. The first-order chi connectivity index (χ1) is 12.9. The summed E-state index contributed by atoms with van der Waals surface area (Å²) >= 11 is 0. The average molecular weight is 372 g/mol. The maximum Gasteiger partial charge on any atom is 0.259 e. The van der Waals surface area contributed by atoms with Gasteiger partial charge in [0.2, 0.25) is 11.8 Å². The Hall–Kier alpha value is -2.70. The number of amides is 2. The van der Waals surface area contributed by atoms with Gasteiger partial charge >= 0.3 is 0 Å². The van der Waals surface area contributed by atoms with Crippen LogP contribution in [0.25, 0.3) is 10.8 Å². The molecule has 2 aromatic rings. The van der Waals surface area contributed by atoms with E-state index >= 15 is 0 Å². The quantitative estimate of drug-likeness (QED) is 0.890. The minimum atomic E-state index is -0.545. The maximum absolute atomic E-state index is 13.9. The Balaban J connectivity index is 1.65. The second kappa shape index (κ2) is 7.90. The van der Waals surface area contributed by atoms with Crippen LogP contribution in [-0.2, 0) is 16.0 Å². The largest absolute Gasteiger partial charge is 0.339 e. The summed E-state index contributed by atoms with van der Waals surface area (Å²) in [4.78, 5) is 42.5. The van der Waals surface area contributed by atoms with Crippen LogP contribution in [0.5, 0.6) is 0 Å². The van der Waals surface area contributed by atoms with Crippen LogP contribution in [-0.4, -0.2) is 52.8 Å². The molecule has 0 unspecified atom stereocenters. The molecule has 0 spiro atoms. The highest BCUT2D eigenvalue weighted by atomic mass is 19.1. The van der Waals surface area contributed by atoms with Gasteiger partial charge in [-0.05, 0) is 36.4 Å². The summed E-state index contributed by atoms with van der Waals surface area (Å²) in [5.41, 5.74) is 0.960. The van der Waals surface area contributed by atoms with E-state index in [0.717, 1.165) is 5.56 Å². The summed E-state index contributed by atoms with van der Waals surface area (Å²) in [7, 11) is 0. The Morgan fingerprint density at radius 1 is 1.19 bits per heavy atom. The molecule has 1 fully saturated rings. The van der Waals surface area contributed by atoms with Crippen molar-refractivity contribution < 1.29 is 14.0 Å². The Bertz CT molecular complexity index is 930. The molecule has 1 aromatic heterocycles.